The molecule has 3 aliphatic rings. The van der Waals surface area contributed by atoms with Crippen LogP contribution in [0.5, 0.6) is 0 Å². The zero-order chi connectivity index (χ0) is 11.8. The summed E-state index contributed by atoms with van der Waals surface area (Å²) in [5, 5.41) is 37.2. The summed E-state index contributed by atoms with van der Waals surface area (Å²) < 4.78 is 15.8. The van der Waals surface area contributed by atoms with Crippen molar-refractivity contribution < 1.29 is 34.0 Å². The third-order valence-corrected chi connectivity index (χ3v) is 4.49. The molecule has 2 bridgehead atoms. The van der Waals surface area contributed by atoms with Crippen molar-refractivity contribution in [2.45, 2.75) is 18.3 Å². The Labute approximate surface area is 93.6 Å². The first-order chi connectivity index (χ1) is 7.72. The first-order valence-electron chi connectivity index (χ1n) is 4.96. The molecule has 16 heavy (non-hydrogen) atoms. The molecule has 0 amide bonds. The zero-order valence-corrected chi connectivity index (χ0v) is 9.42. The van der Waals surface area contributed by atoms with E-state index < -0.39 is 38.9 Å². The van der Waals surface area contributed by atoms with Crippen LogP contribution in [0.25, 0.3) is 0 Å². The SMILES string of the molecule is OCC1OP2OC(CO)C1(CO)C(CO)O2. The zero-order valence-electron chi connectivity index (χ0n) is 8.52. The fraction of sp³-hybridized carbons (Fsp3) is 1.00. The van der Waals surface area contributed by atoms with Gasteiger partial charge in [0.1, 0.15) is 18.3 Å². The van der Waals surface area contributed by atoms with Gasteiger partial charge < -0.3 is 34.0 Å². The van der Waals surface area contributed by atoms with Crippen molar-refractivity contribution in [1.82, 2.24) is 0 Å². The summed E-state index contributed by atoms with van der Waals surface area (Å²) >= 11 is 0. The highest BCUT2D eigenvalue weighted by molar-refractivity contribution is 7.42. The van der Waals surface area contributed by atoms with E-state index in [2.05, 4.69) is 0 Å². The highest BCUT2D eigenvalue weighted by Gasteiger charge is 2.62. The number of hydrogen-bond donors (Lipinski definition) is 4. The van der Waals surface area contributed by atoms with Crippen LogP contribution >= 0.6 is 8.60 Å². The van der Waals surface area contributed by atoms with Crippen LogP contribution < -0.4 is 0 Å². The van der Waals surface area contributed by atoms with Gasteiger partial charge in [-0.3, -0.25) is 0 Å². The maximum Gasteiger partial charge on any atom is 0.333 e. The standard InChI is InChI=1S/C8H15O7P/c9-1-5-8(4-12)6(2-10)14-16(13-5)15-7(8)3-11/h5-7,9-12H,1-4H2. The fourth-order valence-electron chi connectivity index (χ4n) is 2.22. The molecule has 3 fully saturated rings. The van der Waals surface area contributed by atoms with Gasteiger partial charge in [0, 0.05) is 0 Å². The van der Waals surface area contributed by atoms with Gasteiger partial charge in [-0.1, -0.05) is 0 Å². The average molecular weight is 254 g/mol. The minimum Gasteiger partial charge on any atom is -0.395 e. The molecular weight excluding hydrogens is 239 g/mol. The largest absolute Gasteiger partial charge is 0.395 e. The molecule has 3 saturated heterocycles. The van der Waals surface area contributed by atoms with Crippen molar-refractivity contribution in [1.29, 1.82) is 0 Å². The molecule has 3 heterocycles. The van der Waals surface area contributed by atoms with Crippen molar-refractivity contribution >= 4 is 8.60 Å². The minimum absolute atomic E-state index is 0.320. The molecule has 0 aromatic carbocycles. The molecule has 0 aromatic rings. The highest BCUT2D eigenvalue weighted by atomic mass is 31.2. The molecule has 0 aromatic heterocycles. The lowest BCUT2D eigenvalue weighted by molar-refractivity contribution is -0.236. The monoisotopic (exact) mass is 254 g/mol. The fourth-order valence-corrected chi connectivity index (χ4v) is 3.78. The van der Waals surface area contributed by atoms with Crippen molar-refractivity contribution in [3.63, 3.8) is 0 Å². The lowest BCUT2D eigenvalue weighted by Crippen LogP contribution is -2.66. The summed E-state index contributed by atoms with van der Waals surface area (Å²) in [7, 11) is -1.67. The van der Waals surface area contributed by atoms with Gasteiger partial charge in [0.25, 0.3) is 0 Å². The van der Waals surface area contributed by atoms with Crippen LogP contribution in [0.3, 0.4) is 0 Å². The van der Waals surface area contributed by atoms with Gasteiger partial charge in [-0.05, 0) is 0 Å². The van der Waals surface area contributed by atoms with Crippen LogP contribution in [-0.2, 0) is 13.6 Å². The summed E-state index contributed by atoms with van der Waals surface area (Å²) in [5.41, 5.74) is -1.12. The molecule has 8 heteroatoms. The second kappa shape index (κ2) is 4.80. The van der Waals surface area contributed by atoms with Crippen molar-refractivity contribution in [3.8, 4) is 0 Å². The van der Waals surface area contributed by atoms with E-state index in [1.165, 1.54) is 0 Å². The lowest BCUT2D eigenvalue weighted by Gasteiger charge is -2.56. The Morgan fingerprint density at radius 1 is 0.812 bits per heavy atom. The lowest BCUT2D eigenvalue weighted by atomic mass is 9.73. The Hall–Kier alpha value is 0.150. The van der Waals surface area contributed by atoms with Crippen molar-refractivity contribution in [3.05, 3.63) is 0 Å². The Kier molecular flexibility index (Phi) is 3.78. The van der Waals surface area contributed by atoms with Gasteiger partial charge in [0.2, 0.25) is 0 Å². The molecule has 3 unspecified atom stereocenters. The van der Waals surface area contributed by atoms with E-state index in [-0.39, 0.29) is 19.8 Å². The van der Waals surface area contributed by atoms with Gasteiger partial charge >= 0.3 is 8.60 Å². The number of hydrogen-bond acceptors (Lipinski definition) is 7. The third kappa shape index (κ3) is 1.60. The second-order valence-corrected chi connectivity index (χ2v) is 4.90. The Balaban J connectivity index is 2.34. The van der Waals surface area contributed by atoms with E-state index in [0.717, 1.165) is 0 Å². The molecule has 0 aliphatic carbocycles. The van der Waals surface area contributed by atoms with Crippen LogP contribution in [0.15, 0.2) is 0 Å². The number of aliphatic hydroxyl groups is 4. The smallest absolute Gasteiger partial charge is 0.333 e. The van der Waals surface area contributed by atoms with Gasteiger partial charge in [-0.25, -0.2) is 0 Å². The molecule has 3 rings (SSSR count). The average Bonchev–Trinajstić information content (AvgIpc) is 2.37. The Bertz CT molecular complexity index is 215. The Morgan fingerprint density at radius 2 is 1.19 bits per heavy atom. The number of fused-ring (bicyclic) bond motifs is 3. The number of rotatable bonds is 4. The molecule has 3 aliphatic heterocycles. The summed E-state index contributed by atoms with van der Waals surface area (Å²) in [5.74, 6) is 0. The quantitative estimate of drug-likeness (QED) is 0.445. The van der Waals surface area contributed by atoms with Gasteiger partial charge in [-0.15, -0.1) is 0 Å². The van der Waals surface area contributed by atoms with E-state index in [9.17, 15) is 20.4 Å². The van der Waals surface area contributed by atoms with E-state index in [1.54, 1.807) is 0 Å². The first kappa shape index (κ1) is 12.6. The summed E-state index contributed by atoms with van der Waals surface area (Å²) in [6, 6.07) is 0. The molecule has 0 saturated carbocycles. The molecule has 0 spiro atoms. The van der Waals surface area contributed by atoms with Crippen molar-refractivity contribution in [2.75, 3.05) is 26.4 Å². The normalized spacial score (nSPS) is 47.2. The molecule has 7 nitrogen and oxygen atoms in total. The maximum atomic E-state index is 9.50. The summed E-state index contributed by atoms with van der Waals surface area (Å²) in [6.07, 6.45) is -2.08. The van der Waals surface area contributed by atoms with Crippen molar-refractivity contribution in [2.24, 2.45) is 5.41 Å². The van der Waals surface area contributed by atoms with E-state index in [0.29, 0.717) is 0 Å². The topological polar surface area (TPSA) is 109 Å². The highest BCUT2D eigenvalue weighted by Crippen LogP contribution is 2.62. The van der Waals surface area contributed by atoms with Gasteiger partial charge in [0.05, 0.1) is 31.8 Å². The maximum absolute atomic E-state index is 9.50. The summed E-state index contributed by atoms with van der Waals surface area (Å²) in [4.78, 5) is 0. The van der Waals surface area contributed by atoms with E-state index in [4.69, 9.17) is 13.6 Å². The van der Waals surface area contributed by atoms with E-state index in [1.807, 2.05) is 0 Å². The first-order valence-corrected chi connectivity index (χ1v) is 6.06. The second-order valence-electron chi connectivity index (χ2n) is 3.82. The molecule has 3 atom stereocenters. The predicted molar refractivity (Wildman–Crippen MR) is 52.3 cm³/mol. The predicted octanol–water partition coefficient (Wildman–Crippen LogP) is -1.65. The van der Waals surface area contributed by atoms with Crippen LogP contribution in [0.1, 0.15) is 0 Å². The third-order valence-electron chi connectivity index (χ3n) is 3.21. The number of aliphatic hydroxyl groups excluding tert-OH is 4. The van der Waals surface area contributed by atoms with E-state index >= 15 is 0 Å². The van der Waals surface area contributed by atoms with Gasteiger partial charge in [0.15, 0.2) is 0 Å². The minimum atomic E-state index is -1.67. The molecule has 0 radical (unpaired) electrons. The van der Waals surface area contributed by atoms with Crippen LogP contribution in [0, 0.1) is 5.41 Å². The Morgan fingerprint density at radius 3 is 1.44 bits per heavy atom. The van der Waals surface area contributed by atoms with Gasteiger partial charge in [-0.2, -0.15) is 0 Å². The summed E-state index contributed by atoms with van der Waals surface area (Å²) in [6.45, 7) is -1.37. The molecule has 4 N–H and O–H groups in total. The molecular formula is C8H15O7P. The van der Waals surface area contributed by atoms with Crippen LogP contribution in [0.4, 0.5) is 0 Å². The van der Waals surface area contributed by atoms with Crippen LogP contribution in [0.2, 0.25) is 0 Å². The molecule has 94 valence electrons. The van der Waals surface area contributed by atoms with Crippen LogP contribution in [-0.4, -0.2) is 65.2 Å².